The van der Waals surface area contributed by atoms with Crippen LogP contribution in [-0.4, -0.2) is 33.2 Å². The Morgan fingerprint density at radius 1 is 1.56 bits per heavy atom. The third-order valence-corrected chi connectivity index (χ3v) is 3.43. The molecule has 0 fully saturated rings. The average molecular weight is 251 g/mol. The lowest BCUT2D eigenvalue weighted by Crippen LogP contribution is -2.40. The van der Waals surface area contributed by atoms with E-state index in [4.69, 9.17) is 0 Å². The number of aromatic nitrogens is 2. The highest BCUT2D eigenvalue weighted by Crippen LogP contribution is 2.20. The van der Waals surface area contributed by atoms with Crippen LogP contribution < -0.4 is 5.32 Å². The Bertz CT molecular complexity index is 414. The van der Waals surface area contributed by atoms with Crippen LogP contribution in [0, 0.1) is 0 Å². The van der Waals surface area contributed by atoms with Crippen LogP contribution >= 0.6 is 0 Å². The van der Waals surface area contributed by atoms with Gasteiger partial charge in [0.2, 0.25) is 0 Å². The van der Waals surface area contributed by atoms with Gasteiger partial charge in [0.25, 0.3) is 0 Å². The van der Waals surface area contributed by atoms with Crippen LogP contribution in [0.25, 0.3) is 0 Å². The summed E-state index contributed by atoms with van der Waals surface area (Å²) in [6, 6.07) is -0.523. The highest BCUT2D eigenvalue weighted by Gasteiger charge is 2.21. The summed E-state index contributed by atoms with van der Waals surface area (Å²) < 4.78 is 2.01. The van der Waals surface area contributed by atoms with Gasteiger partial charge in [0, 0.05) is 12.2 Å². The number of nitrogens with zero attached hydrogens (tertiary/aromatic N) is 2. The van der Waals surface area contributed by atoms with Gasteiger partial charge in [0.15, 0.2) is 0 Å². The predicted molar refractivity (Wildman–Crippen MR) is 68.6 cm³/mol. The topological polar surface area (TPSA) is 67.2 Å². The van der Waals surface area contributed by atoms with Crippen LogP contribution in [0.1, 0.15) is 37.6 Å². The Morgan fingerprint density at radius 3 is 3.06 bits per heavy atom. The fourth-order valence-electron chi connectivity index (χ4n) is 2.43. The molecule has 1 aromatic rings. The highest BCUT2D eigenvalue weighted by molar-refractivity contribution is 5.73. The lowest BCUT2D eigenvalue weighted by atomic mass is 10.0. The number of fused-ring (bicyclic) bond motifs is 1. The molecule has 2 rings (SSSR count). The zero-order valence-electron chi connectivity index (χ0n) is 10.9. The maximum absolute atomic E-state index is 11.2. The lowest BCUT2D eigenvalue weighted by molar-refractivity contribution is -0.139. The fraction of sp³-hybridized carbons (Fsp3) is 0.692. The maximum Gasteiger partial charge on any atom is 0.322 e. The molecule has 0 amide bonds. The SMILES string of the molecule is CCCNC(Cn1cnc2c1CCCC2)C(=O)O. The average Bonchev–Trinajstić information content (AvgIpc) is 2.77. The van der Waals surface area contributed by atoms with Crippen molar-refractivity contribution in [2.45, 2.75) is 51.6 Å². The van der Waals surface area contributed by atoms with Crippen molar-refractivity contribution in [2.24, 2.45) is 0 Å². The molecule has 5 nitrogen and oxygen atoms in total. The van der Waals surface area contributed by atoms with Gasteiger partial charge < -0.3 is 15.0 Å². The van der Waals surface area contributed by atoms with Gasteiger partial charge >= 0.3 is 5.97 Å². The number of carboxylic acids is 1. The van der Waals surface area contributed by atoms with Crippen molar-refractivity contribution in [3.05, 3.63) is 17.7 Å². The number of carboxylic acid groups (broad SMARTS) is 1. The van der Waals surface area contributed by atoms with Crippen molar-refractivity contribution in [3.8, 4) is 0 Å². The zero-order chi connectivity index (χ0) is 13.0. The normalized spacial score (nSPS) is 16.3. The van der Waals surface area contributed by atoms with Gasteiger partial charge in [0.05, 0.1) is 12.0 Å². The summed E-state index contributed by atoms with van der Waals surface area (Å²) in [5.74, 6) is -0.790. The van der Waals surface area contributed by atoms with Crippen LogP contribution in [0.4, 0.5) is 0 Å². The number of hydrogen-bond donors (Lipinski definition) is 2. The molecule has 100 valence electrons. The number of rotatable bonds is 6. The number of carbonyl (C=O) groups is 1. The molecule has 5 heteroatoms. The van der Waals surface area contributed by atoms with E-state index in [0.717, 1.165) is 31.5 Å². The zero-order valence-corrected chi connectivity index (χ0v) is 10.9. The van der Waals surface area contributed by atoms with E-state index in [1.807, 2.05) is 11.5 Å². The first-order valence-corrected chi connectivity index (χ1v) is 6.71. The van der Waals surface area contributed by atoms with Gasteiger partial charge in [-0.1, -0.05) is 6.92 Å². The van der Waals surface area contributed by atoms with Crippen molar-refractivity contribution in [2.75, 3.05) is 6.54 Å². The van der Waals surface area contributed by atoms with Crippen LogP contribution in [-0.2, 0) is 24.2 Å². The van der Waals surface area contributed by atoms with Crippen LogP contribution in [0.2, 0.25) is 0 Å². The quantitative estimate of drug-likeness (QED) is 0.797. The molecule has 2 N–H and O–H groups in total. The third-order valence-electron chi connectivity index (χ3n) is 3.43. The molecule has 0 aromatic carbocycles. The standard InChI is InChI=1S/C13H21N3O2/c1-2-7-14-11(13(17)18)8-16-9-15-10-5-3-4-6-12(10)16/h9,11,14H,2-8H2,1H3,(H,17,18). The molecule has 1 aliphatic carbocycles. The number of aliphatic carboxylic acids is 1. The number of imidazole rings is 1. The molecule has 0 aliphatic heterocycles. The minimum Gasteiger partial charge on any atom is -0.480 e. The fourth-order valence-corrected chi connectivity index (χ4v) is 2.43. The van der Waals surface area contributed by atoms with Crippen LogP contribution in [0.5, 0.6) is 0 Å². The third kappa shape index (κ3) is 2.90. The minimum atomic E-state index is -0.790. The van der Waals surface area contributed by atoms with Gasteiger partial charge in [0.1, 0.15) is 6.04 Å². The van der Waals surface area contributed by atoms with Gasteiger partial charge in [-0.05, 0) is 38.6 Å². The molecule has 0 spiro atoms. The van der Waals surface area contributed by atoms with Crippen molar-refractivity contribution in [1.82, 2.24) is 14.9 Å². The molecule has 1 aromatic heterocycles. The first-order chi connectivity index (χ1) is 8.72. The molecular weight excluding hydrogens is 230 g/mol. The van der Waals surface area contributed by atoms with E-state index in [-0.39, 0.29) is 0 Å². The summed E-state index contributed by atoms with van der Waals surface area (Å²) in [5, 5.41) is 12.3. The molecule has 1 unspecified atom stereocenters. The Kier molecular flexibility index (Phi) is 4.36. The molecule has 1 aliphatic rings. The summed E-state index contributed by atoms with van der Waals surface area (Å²) >= 11 is 0. The lowest BCUT2D eigenvalue weighted by Gasteiger charge is -2.18. The maximum atomic E-state index is 11.2. The molecule has 0 bridgehead atoms. The van der Waals surface area contributed by atoms with Crippen LogP contribution in [0.3, 0.4) is 0 Å². The summed E-state index contributed by atoms with van der Waals surface area (Å²) in [6.45, 7) is 3.23. The first-order valence-electron chi connectivity index (χ1n) is 6.71. The van der Waals surface area contributed by atoms with E-state index in [9.17, 15) is 9.90 Å². The summed E-state index contributed by atoms with van der Waals surface area (Å²) in [7, 11) is 0. The number of nitrogens with one attached hydrogen (secondary N) is 1. The van der Waals surface area contributed by atoms with Crippen molar-refractivity contribution in [1.29, 1.82) is 0 Å². The van der Waals surface area contributed by atoms with Crippen LogP contribution in [0.15, 0.2) is 6.33 Å². The molecule has 1 heterocycles. The Hall–Kier alpha value is -1.36. The number of aryl methyl sites for hydroxylation is 1. The monoisotopic (exact) mass is 251 g/mol. The second-order valence-electron chi connectivity index (χ2n) is 4.84. The smallest absolute Gasteiger partial charge is 0.322 e. The van der Waals surface area contributed by atoms with Gasteiger partial charge in [-0.2, -0.15) is 0 Å². The first kappa shape index (κ1) is 13.1. The molecule has 18 heavy (non-hydrogen) atoms. The van der Waals surface area contributed by atoms with E-state index in [1.165, 1.54) is 18.5 Å². The number of hydrogen-bond acceptors (Lipinski definition) is 3. The summed E-state index contributed by atoms with van der Waals surface area (Å²) in [5.41, 5.74) is 2.38. The van der Waals surface area contributed by atoms with E-state index in [1.54, 1.807) is 6.33 Å². The summed E-state index contributed by atoms with van der Waals surface area (Å²) in [6.07, 6.45) is 7.16. The van der Waals surface area contributed by atoms with Crippen molar-refractivity contribution < 1.29 is 9.90 Å². The van der Waals surface area contributed by atoms with Gasteiger partial charge in [-0.25, -0.2) is 4.98 Å². The predicted octanol–water partition coefficient (Wildman–Crippen LogP) is 1.21. The molecular formula is C13H21N3O2. The Labute approximate surface area is 107 Å². The van der Waals surface area contributed by atoms with Crippen molar-refractivity contribution in [3.63, 3.8) is 0 Å². The summed E-state index contributed by atoms with van der Waals surface area (Å²) in [4.78, 5) is 15.6. The van der Waals surface area contributed by atoms with Gasteiger partial charge in [-0.3, -0.25) is 4.79 Å². The van der Waals surface area contributed by atoms with Crippen molar-refractivity contribution >= 4 is 5.97 Å². The minimum absolute atomic E-state index is 0.470. The van der Waals surface area contributed by atoms with E-state index in [2.05, 4.69) is 10.3 Å². The Balaban J connectivity index is 2.06. The van der Waals surface area contributed by atoms with E-state index >= 15 is 0 Å². The highest BCUT2D eigenvalue weighted by atomic mass is 16.4. The Morgan fingerprint density at radius 2 is 2.33 bits per heavy atom. The second kappa shape index (κ2) is 6.00. The molecule has 1 atom stereocenters. The van der Waals surface area contributed by atoms with Gasteiger partial charge in [-0.15, -0.1) is 0 Å². The largest absolute Gasteiger partial charge is 0.480 e. The van der Waals surface area contributed by atoms with E-state index in [0.29, 0.717) is 6.54 Å². The molecule has 0 saturated heterocycles. The van der Waals surface area contributed by atoms with E-state index < -0.39 is 12.0 Å². The molecule has 0 saturated carbocycles. The molecule has 0 radical (unpaired) electrons. The second-order valence-corrected chi connectivity index (χ2v) is 4.84.